The van der Waals surface area contributed by atoms with E-state index in [1.165, 1.54) is 5.56 Å². The molecule has 1 heterocycles. The van der Waals surface area contributed by atoms with Crippen molar-refractivity contribution in [1.82, 2.24) is 10.2 Å². The molecule has 5 nitrogen and oxygen atoms in total. The Labute approximate surface area is 125 Å². The summed E-state index contributed by atoms with van der Waals surface area (Å²) in [6.45, 7) is 3.49. The number of amides is 1. The molecule has 3 rings (SSSR count). The first kappa shape index (κ1) is 14.4. The fourth-order valence-corrected chi connectivity index (χ4v) is 3.74. The van der Waals surface area contributed by atoms with Crippen molar-refractivity contribution in [3.8, 4) is 5.75 Å². The number of nitrogens with zero attached hydrogens (tertiary/aromatic N) is 1. The van der Waals surface area contributed by atoms with E-state index in [1.54, 1.807) is 7.11 Å². The second-order valence-electron chi connectivity index (χ2n) is 5.84. The molecule has 114 valence electrons. The van der Waals surface area contributed by atoms with Crippen LogP contribution in [-0.4, -0.2) is 44.1 Å². The Morgan fingerprint density at radius 1 is 1.38 bits per heavy atom. The molecule has 1 aliphatic carbocycles. The highest BCUT2D eigenvalue weighted by atomic mass is 16.5. The summed E-state index contributed by atoms with van der Waals surface area (Å²) in [5.74, 6) is 0.551. The minimum Gasteiger partial charge on any atom is -0.497 e. The van der Waals surface area contributed by atoms with Crippen molar-refractivity contribution >= 4 is 5.91 Å². The van der Waals surface area contributed by atoms with E-state index < -0.39 is 5.54 Å². The normalized spacial score (nSPS) is 26.1. The Balaban J connectivity index is 2.11. The van der Waals surface area contributed by atoms with E-state index in [4.69, 9.17) is 10.5 Å². The van der Waals surface area contributed by atoms with Crippen molar-refractivity contribution in [1.29, 1.82) is 0 Å². The Kier molecular flexibility index (Phi) is 3.87. The van der Waals surface area contributed by atoms with Gasteiger partial charge in [-0.25, -0.2) is 0 Å². The van der Waals surface area contributed by atoms with Gasteiger partial charge < -0.3 is 15.8 Å². The summed E-state index contributed by atoms with van der Waals surface area (Å²) in [5.41, 5.74) is 7.49. The van der Waals surface area contributed by atoms with Crippen LogP contribution in [0.2, 0.25) is 0 Å². The number of fused-ring (bicyclic) bond motifs is 1. The zero-order valence-electron chi connectivity index (χ0n) is 12.5. The van der Waals surface area contributed by atoms with Gasteiger partial charge >= 0.3 is 0 Å². The van der Waals surface area contributed by atoms with Crippen LogP contribution in [0.25, 0.3) is 0 Å². The molecule has 0 radical (unpaired) electrons. The van der Waals surface area contributed by atoms with Crippen LogP contribution in [0.15, 0.2) is 18.2 Å². The number of methoxy groups -OCH3 is 1. The number of hydrogen-bond donors (Lipinski definition) is 2. The zero-order valence-corrected chi connectivity index (χ0v) is 12.5. The molecule has 0 aromatic heterocycles. The lowest BCUT2D eigenvalue weighted by atomic mass is 9.74. The van der Waals surface area contributed by atoms with Gasteiger partial charge in [-0.2, -0.15) is 0 Å². The van der Waals surface area contributed by atoms with Gasteiger partial charge in [0, 0.05) is 26.2 Å². The number of benzene rings is 1. The molecule has 0 spiro atoms. The van der Waals surface area contributed by atoms with Crippen LogP contribution in [0.4, 0.5) is 0 Å². The fraction of sp³-hybridized carbons (Fsp3) is 0.562. The Hall–Kier alpha value is -1.59. The van der Waals surface area contributed by atoms with Crippen LogP contribution in [0.1, 0.15) is 24.0 Å². The van der Waals surface area contributed by atoms with Gasteiger partial charge in [-0.05, 0) is 42.5 Å². The number of primary amides is 1. The van der Waals surface area contributed by atoms with E-state index in [2.05, 4.69) is 16.3 Å². The quantitative estimate of drug-likeness (QED) is 0.856. The third kappa shape index (κ3) is 2.30. The summed E-state index contributed by atoms with van der Waals surface area (Å²) in [4.78, 5) is 14.7. The second kappa shape index (κ2) is 5.66. The molecule has 3 N–H and O–H groups in total. The smallest absolute Gasteiger partial charge is 0.242 e. The molecule has 1 aromatic carbocycles. The summed E-state index contributed by atoms with van der Waals surface area (Å²) in [6.07, 6.45) is 2.79. The third-order valence-corrected chi connectivity index (χ3v) is 4.81. The number of nitrogens with one attached hydrogen (secondary N) is 1. The highest BCUT2D eigenvalue weighted by molar-refractivity contribution is 5.87. The topological polar surface area (TPSA) is 67.6 Å². The minimum atomic E-state index is -0.676. The fourth-order valence-electron chi connectivity index (χ4n) is 3.74. The Morgan fingerprint density at radius 3 is 2.81 bits per heavy atom. The first-order valence-corrected chi connectivity index (χ1v) is 7.61. The van der Waals surface area contributed by atoms with E-state index in [0.717, 1.165) is 56.8 Å². The number of hydrogen-bond acceptors (Lipinski definition) is 4. The Bertz CT molecular complexity index is 540. The summed E-state index contributed by atoms with van der Waals surface area (Å²) in [6, 6.07) is 6.04. The molecule has 1 amide bonds. The van der Waals surface area contributed by atoms with Gasteiger partial charge in [-0.1, -0.05) is 6.07 Å². The van der Waals surface area contributed by atoms with E-state index in [9.17, 15) is 4.79 Å². The molecule has 2 aliphatic rings. The largest absolute Gasteiger partial charge is 0.497 e. The van der Waals surface area contributed by atoms with Crippen LogP contribution in [0.5, 0.6) is 5.75 Å². The van der Waals surface area contributed by atoms with Crippen LogP contribution in [0, 0.1) is 0 Å². The standard InChI is InChI=1S/C16H23N3O2/c1-21-13-5-4-12-3-2-6-16(15(17)20,14(12)11-13)19-9-7-18-8-10-19/h4-5,11,18H,2-3,6-10H2,1H3,(H2,17,20). The van der Waals surface area contributed by atoms with Gasteiger partial charge in [-0.3, -0.25) is 9.69 Å². The van der Waals surface area contributed by atoms with Gasteiger partial charge in [0.25, 0.3) is 0 Å². The summed E-state index contributed by atoms with van der Waals surface area (Å²) in [5, 5.41) is 3.34. The van der Waals surface area contributed by atoms with Crippen LogP contribution < -0.4 is 15.8 Å². The lowest BCUT2D eigenvalue weighted by molar-refractivity contribution is -0.132. The van der Waals surface area contributed by atoms with Gasteiger partial charge in [0.05, 0.1) is 7.11 Å². The molecule has 1 atom stereocenters. The van der Waals surface area contributed by atoms with E-state index >= 15 is 0 Å². The van der Waals surface area contributed by atoms with Crippen molar-refractivity contribution in [3.63, 3.8) is 0 Å². The molecular weight excluding hydrogens is 266 g/mol. The molecule has 1 saturated heterocycles. The number of carbonyl (C=O) groups is 1. The molecule has 5 heteroatoms. The first-order valence-electron chi connectivity index (χ1n) is 7.61. The highest BCUT2D eigenvalue weighted by Gasteiger charge is 2.47. The summed E-state index contributed by atoms with van der Waals surface area (Å²) < 4.78 is 5.36. The van der Waals surface area contributed by atoms with Crippen LogP contribution >= 0.6 is 0 Å². The SMILES string of the molecule is COc1ccc2c(c1)C(C(N)=O)(N1CCNCC1)CCC2. The molecule has 1 aromatic rings. The molecule has 1 aliphatic heterocycles. The highest BCUT2D eigenvalue weighted by Crippen LogP contribution is 2.41. The lowest BCUT2D eigenvalue weighted by Crippen LogP contribution is -2.61. The number of ether oxygens (including phenoxy) is 1. The van der Waals surface area contributed by atoms with Crippen molar-refractivity contribution < 1.29 is 9.53 Å². The maximum absolute atomic E-state index is 12.5. The van der Waals surface area contributed by atoms with Crippen molar-refractivity contribution in [2.75, 3.05) is 33.3 Å². The predicted molar refractivity (Wildman–Crippen MR) is 81.2 cm³/mol. The van der Waals surface area contributed by atoms with Crippen LogP contribution in [0.3, 0.4) is 0 Å². The zero-order chi connectivity index (χ0) is 14.9. The molecule has 21 heavy (non-hydrogen) atoms. The number of piperazine rings is 1. The summed E-state index contributed by atoms with van der Waals surface area (Å²) in [7, 11) is 1.65. The first-order chi connectivity index (χ1) is 10.2. The summed E-state index contributed by atoms with van der Waals surface area (Å²) >= 11 is 0. The Morgan fingerprint density at radius 2 is 2.14 bits per heavy atom. The monoisotopic (exact) mass is 289 g/mol. The number of nitrogens with two attached hydrogens (primary N) is 1. The number of aryl methyl sites for hydroxylation is 1. The number of rotatable bonds is 3. The van der Waals surface area contributed by atoms with Crippen LogP contribution in [-0.2, 0) is 16.8 Å². The van der Waals surface area contributed by atoms with E-state index in [-0.39, 0.29) is 5.91 Å². The van der Waals surface area contributed by atoms with Crippen molar-refractivity contribution in [3.05, 3.63) is 29.3 Å². The van der Waals surface area contributed by atoms with Gasteiger partial charge in [-0.15, -0.1) is 0 Å². The van der Waals surface area contributed by atoms with Gasteiger partial charge in [0.2, 0.25) is 5.91 Å². The maximum Gasteiger partial charge on any atom is 0.242 e. The van der Waals surface area contributed by atoms with Gasteiger partial charge in [0.1, 0.15) is 11.3 Å². The molecule has 0 saturated carbocycles. The second-order valence-corrected chi connectivity index (χ2v) is 5.84. The third-order valence-electron chi connectivity index (χ3n) is 4.81. The molecule has 1 unspecified atom stereocenters. The predicted octanol–water partition coefficient (Wildman–Crippen LogP) is 0.617. The van der Waals surface area contributed by atoms with Crippen molar-refractivity contribution in [2.45, 2.75) is 24.8 Å². The average Bonchev–Trinajstić information content (AvgIpc) is 2.54. The lowest BCUT2D eigenvalue weighted by Gasteiger charge is -2.47. The molecular formula is C16H23N3O2. The molecule has 1 fully saturated rings. The maximum atomic E-state index is 12.5. The number of carbonyl (C=O) groups excluding carboxylic acids is 1. The van der Waals surface area contributed by atoms with E-state index in [1.807, 2.05) is 12.1 Å². The average molecular weight is 289 g/mol. The molecule has 0 bridgehead atoms. The van der Waals surface area contributed by atoms with Gasteiger partial charge in [0.15, 0.2) is 0 Å². The van der Waals surface area contributed by atoms with Crippen molar-refractivity contribution in [2.24, 2.45) is 5.73 Å². The van der Waals surface area contributed by atoms with E-state index in [0.29, 0.717) is 0 Å². The minimum absolute atomic E-state index is 0.237.